The monoisotopic (exact) mass is 724 g/mol. The number of carboxylic acids is 1. The van der Waals surface area contributed by atoms with Gasteiger partial charge in [0.1, 0.15) is 0 Å². The molecule has 51 heavy (non-hydrogen) atoms. The van der Waals surface area contributed by atoms with Crippen LogP contribution in [0.2, 0.25) is 0 Å². The Hall–Kier alpha value is -0.890. The van der Waals surface area contributed by atoms with Crippen LogP contribution in [0.25, 0.3) is 0 Å². The van der Waals surface area contributed by atoms with E-state index in [-0.39, 0.29) is 84.3 Å². The van der Waals surface area contributed by atoms with Crippen molar-refractivity contribution in [3.8, 4) is 0 Å². The first-order valence-corrected chi connectivity index (χ1v) is 20.0. The van der Waals surface area contributed by atoms with Crippen LogP contribution >= 0.6 is 0 Å². The third kappa shape index (κ3) is 7.19. The molecule has 0 aromatic rings. The summed E-state index contributed by atoms with van der Waals surface area (Å²) in [6.07, 6.45) is 5.85. The van der Waals surface area contributed by atoms with Gasteiger partial charge in [-0.2, -0.15) is 0 Å². The zero-order valence-electron chi connectivity index (χ0n) is 32.8. The largest absolute Gasteiger partial charge is 0.481 e. The van der Waals surface area contributed by atoms with Gasteiger partial charge in [-0.05, 0) is 83.5 Å². The van der Waals surface area contributed by atoms with Gasteiger partial charge in [0.2, 0.25) is 0 Å². The lowest BCUT2D eigenvalue weighted by Gasteiger charge is -2.50. The molecule has 0 aromatic heterocycles. The quantitative estimate of drug-likeness (QED) is 0.269. The van der Waals surface area contributed by atoms with Crippen molar-refractivity contribution in [2.75, 3.05) is 13.7 Å². The Morgan fingerprint density at radius 2 is 1.59 bits per heavy atom. The van der Waals surface area contributed by atoms with Crippen molar-refractivity contribution in [3.05, 3.63) is 0 Å². The Bertz CT molecular complexity index is 1230. The smallest absolute Gasteiger partial charge is 0.308 e. The molecule has 6 saturated heterocycles. The Morgan fingerprint density at radius 3 is 2.25 bits per heavy atom. The van der Waals surface area contributed by atoms with Gasteiger partial charge in [0.25, 0.3) is 0 Å². The molecule has 6 aliphatic heterocycles. The fourth-order valence-electron chi connectivity index (χ4n) is 11.3. The summed E-state index contributed by atoms with van der Waals surface area (Å²) in [5.41, 5.74) is -1.10. The van der Waals surface area contributed by atoms with Gasteiger partial charge in [0.15, 0.2) is 11.6 Å². The van der Waals surface area contributed by atoms with Crippen LogP contribution in [0.15, 0.2) is 0 Å². The highest BCUT2D eigenvalue weighted by atomic mass is 16.7. The summed E-state index contributed by atoms with van der Waals surface area (Å²) < 4.78 is 47.0. The van der Waals surface area contributed by atoms with E-state index in [0.717, 1.165) is 51.4 Å². The number of hydrogen-bond acceptors (Lipinski definition) is 10. The van der Waals surface area contributed by atoms with E-state index in [2.05, 4.69) is 48.5 Å². The second-order valence-corrected chi connectivity index (χ2v) is 18.4. The van der Waals surface area contributed by atoms with E-state index in [1.165, 1.54) is 0 Å². The average Bonchev–Trinajstić information content (AvgIpc) is 3.75. The van der Waals surface area contributed by atoms with E-state index in [0.29, 0.717) is 6.42 Å². The van der Waals surface area contributed by atoms with Gasteiger partial charge < -0.3 is 48.5 Å². The number of carboxylic acid groups (broad SMARTS) is 1. The van der Waals surface area contributed by atoms with E-state index in [1.54, 1.807) is 14.0 Å². The molecule has 3 N–H and O–H groups in total. The fraction of sp³-hybridized carbons (Fsp3) is 0.975. The fourth-order valence-corrected chi connectivity index (χ4v) is 11.3. The van der Waals surface area contributed by atoms with Gasteiger partial charge in [-0.25, -0.2) is 0 Å². The topological polar surface area (TPSA) is 142 Å². The van der Waals surface area contributed by atoms with Crippen LogP contribution in [0, 0.1) is 41.4 Å². The highest BCUT2D eigenvalue weighted by Gasteiger charge is 2.65. The highest BCUT2D eigenvalue weighted by molar-refractivity contribution is 5.70. The second kappa shape index (κ2) is 14.6. The SMILES string of the molecule is CO[C@@H]1C[C@H](C[C@@H]2CC[C@H](C)[C@H]([C@H](C)C(=O)O)O2)O[C@]2(O[C@](C)([C@@H]3CC[C@](C)([C@@H]4O[C@H]([C@@H]5O[C@](O)(CO)[C@H](C)C[C@@H]5C)C[C@@H]4C)O3)C[C@H]2C)[C@H]1C. The van der Waals surface area contributed by atoms with Gasteiger partial charge in [-0.3, -0.25) is 4.79 Å². The Balaban J connectivity index is 1.13. The number of aliphatic carboxylic acids is 1. The molecule has 0 unspecified atom stereocenters. The Labute approximate surface area is 305 Å². The molecule has 6 fully saturated rings. The summed E-state index contributed by atoms with van der Waals surface area (Å²) >= 11 is 0. The van der Waals surface area contributed by atoms with E-state index in [9.17, 15) is 20.1 Å². The summed E-state index contributed by atoms with van der Waals surface area (Å²) in [7, 11) is 1.77. The molecule has 294 valence electrons. The lowest BCUT2D eigenvalue weighted by Crippen LogP contribution is -2.58. The van der Waals surface area contributed by atoms with Crippen molar-refractivity contribution in [2.45, 2.75) is 192 Å². The number of carbonyl (C=O) groups is 1. The van der Waals surface area contributed by atoms with Crippen molar-refractivity contribution in [1.29, 1.82) is 0 Å². The molecule has 0 amide bonds. The summed E-state index contributed by atoms with van der Waals surface area (Å²) in [5.74, 6) is -3.26. The maximum Gasteiger partial charge on any atom is 0.308 e. The normalized spacial score (nSPS) is 54.2. The molecular formula is C40H68O11. The van der Waals surface area contributed by atoms with E-state index < -0.39 is 41.3 Å². The van der Waals surface area contributed by atoms with Gasteiger partial charge in [-0.15, -0.1) is 0 Å². The average molecular weight is 725 g/mol. The number of aliphatic hydroxyl groups excluding tert-OH is 1. The third-order valence-electron chi connectivity index (χ3n) is 14.4. The number of methoxy groups -OCH3 is 1. The second-order valence-electron chi connectivity index (χ2n) is 18.4. The maximum atomic E-state index is 11.8. The molecule has 6 heterocycles. The first-order chi connectivity index (χ1) is 23.9. The van der Waals surface area contributed by atoms with Crippen LogP contribution in [0.3, 0.4) is 0 Å². The minimum Gasteiger partial charge on any atom is -0.481 e. The van der Waals surface area contributed by atoms with Crippen LogP contribution < -0.4 is 0 Å². The molecular weight excluding hydrogens is 656 g/mol. The minimum atomic E-state index is -1.55. The molecule has 11 heteroatoms. The van der Waals surface area contributed by atoms with Gasteiger partial charge in [-0.1, -0.05) is 41.5 Å². The molecule has 6 rings (SSSR count). The summed E-state index contributed by atoms with van der Waals surface area (Å²) in [4.78, 5) is 11.8. The minimum absolute atomic E-state index is 0.00727. The number of hydrogen-bond donors (Lipinski definition) is 3. The van der Waals surface area contributed by atoms with Crippen LogP contribution in [0.1, 0.15) is 120 Å². The molecule has 1 spiro atoms. The van der Waals surface area contributed by atoms with Crippen molar-refractivity contribution < 1.29 is 53.3 Å². The molecule has 6 aliphatic rings. The summed E-state index contributed by atoms with van der Waals surface area (Å²) in [5, 5.41) is 30.7. The highest BCUT2D eigenvalue weighted by Crippen LogP contribution is 2.57. The Morgan fingerprint density at radius 1 is 0.863 bits per heavy atom. The third-order valence-corrected chi connectivity index (χ3v) is 14.4. The van der Waals surface area contributed by atoms with E-state index in [1.807, 2.05) is 6.92 Å². The van der Waals surface area contributed by atoms with Gasteiger partial charge in [0, 0.05) is 37.7 Å². The van der Waals surface area contributed by atoms with Crippen molar-refractivity contribution in [1.82, 2.24) is 0 Å². The molecule has 0 saturated carbocycles. The molecule has 0 bridgehead atoms. The first kappa shape index (κ1) is 39.8. The van der Waals surface area contributed by atoms with E-state index in [4.69, 9.17) is 33.2 Å². The van der Waals surface area contributed by atoms with Crippen molar-refractivity contribution in [2.24, 2.45) is 41.4 Å². The van der Waals surface area contributed by atoms with Crippen molar-refractivity contribution in [3.63, 3.8) is 0 Å². The molecule has 0 aromatic carbocycles. The van der Waals surface area contributed by atoms with E-state index >= 15 is 0 Å². The maximum absolute atomic E-state index is 11.8. The number of rotatable bonds is 9. The predicted octanol–water partition coefficient (Wildman–Crippen LogP) is 5.71. The summed E-state index contributed by atoms with van der Waals surface area (Å²) in [6, 6.07) is 0. The van der Waals surface area contributed by atoms with Crippen LogP contribution in [0.4, 0.5) is 0 Å². The lowest BCUT2D eigenvalue weighted by molar-refractivity contribution is -0.353. The Kier molecular flexibility index (Phi) is 11.4. The summed E-state index contributed by atoms with van der Waals surface area (Å²) in [6.45, 7) is 18.4. The molecule has 0 radical (unpaired) electrons. The van der Waals surface area contributed by atoms with Crippen LogP contribution in [0.5, 0.6) is 0 Å². The lowest BCUT2D eigenvalue weighted by atomic mass is 9.78. The van der Waals surface area contributed by atoms with Crippen LogP contribution in [-0.2, 0) is 38.0 Å². The zero-order valence-corrected chi connectivity index (χ0v) is 32.8. The van der Waals surface area contributed by atoms with Crippen LogP contribution in [-0.4, -0.2) is 107 Å². The number of ether oxygens (including phenoxy) is 7. The number of aliphatic hydroxyl groups is 2. The molecule has 11 nitrogen and oxygen atoms in total. The van der Waals surface area contributed by atoms with Gasteiger partial charge in [0.05, 0.1) is 72.6 Å². The molecule has 0 aliphatic carbocycles. The first-order valence-electron chi connectivity index (χ1n) is 20.0. The predicted molar refractivity (Wildman–Crippen MR) is 189 cm³/mol. The van der Waals surface area contributed by atoms with Gasteiger partial charge >= 0.3 is 5.97 Å². The molecule has 19 atom stereocenters. The zero-order chi connectivity index (χ0) is 37.3. The van der Waals surface area contributed by atoms with Crippen molar-refractivity contribution >= 4 is 5.97 Å². The standard InChI is InChI=1S/C40H68O11/c1-21-11-12-28(46-33(21)26(6)36(42)43)17-29-18-30(45-10)27(7)40(48-29)25(5)19-38(9,51-40)32-13-14-37(8,49-32)35-23(3)16-31(47-35)34-22(2)15-24(4)39(44,20-41)50-34/h21-35,41,44H,11-20H2,1-10H3,(H,42,43)/t21-,22-,23-,24+,25+,26-,27-,28-,29-,30+,31-,32-,33+,34+,35+,37+,38-,39+,40+/m0/s1.